The van der Waals surface area contributed by atoms with Gasteiger partial charge in [0.15, 0.2) is 0 Å². The Morgan fingerprint density at radius 2 is 1.17 bits per heavy atom. The maximum Gasteiger partial charge on any atom is 0.143 e. The van der Waals surface area contributed by atoms with Gasteiger partial charge in [-0.05, 0) is 48.0 Å². The summed E-state index contributed by atoms with van der Waals surface area (Å²) in [5.74, 6) is 3.18. The number of rotatable bonds is 1. The van der Waals surface area contributed by atoms with Crippen molar-refractivity contribution in [1.82, 2.24) is 0 Å². The Labute approximate surface area is 206 Å². The highest BCUT2D eigenvalue weighted by atomic mass is 32.4. The van der Waals surface area contributed by atoms with E-state index in [9.17, 15) is 0 Å². The number of furan rings is 1. The Balaban J connectivity index is 1.44. The van der Waals surface area contributed by atoms with E-state index < -0.39 is 6.04 Å². The lowest BCUT2D eigenvalue weighted by molar-refractivity contribution is 0.467. The molecule has 3 nitrogen and oxygen atoms in total. The van der Waals surface area contributed by atoms with Crippen LogP contribution in [0.2, 0.25) is 0 Å². The first-order valence-electron chi connectivity index (χ1n) is 11.5. The summed E-state index contributed by atoms with van der Waals surface area (Å²) in [6.45, 7) is 0. The fraction of sp³-hybridized carbons (Fsp3) is 0. The molecule has 0 fully saturated rings. The van der Waals surface area contributed by atoms with E-state index in [1.54, 1.807) is 0 Å². The van der Waals surface area contributed by atoms with Gasteiger partial charge < -0.3 is 13.9 Å². The van der Waals surface area contributed by atoms with Crippen LogP contribution in [0.1, 0.15) is 0 Å². The van der Waals surface area contributed by atoms with Crippen molar-refractivity contribution in [3.8, 4) is 34.1 Å². The van der Waals surface area contributed by atoms with Crippen molar-refractivity contribution in [2.24, 2.45) is 0 Å². The average Bonchev–Trinajstić information content (AvgIpc) is 3.27. The lowest BCUT2D eigenvalue weighted by Gasteiger charge is -2.37. The molecular weight excluding hydrogens is 471 g/mol. The van der Waals surface area contributed by atoms with Crippen LogP contribution in [0.4, 0.5) is 0 Å². The van der Waals surface area contributed by atoms with Crippen LogP contribution in [0.5, 0.6) is 23.0 Å². The van der Waals surface area contributed by atoms with Gasteiger partial charge in [0.1, 0.15) is 34.2 Å². The van der Waals surface area contributed by atoms with Gasteiger partial charge in [-0.1, -0.05) is 72.5 Å². The molecule has 5 heteroatoms. The van der Waals surface area contributed by atoms with Gasteiger partial charge in [-0.25, -0.2) is 0 Å². The predicted octanol–water partition coefficient (Wildman–Crippen LogP) is 7.22. The maximum atomic E-state index is 6.57. The highest BCUT2D eigenvalue weighted by Gasteiger charge is 2.42. The smallest absolute Gasteiger partial charge is 0.143 e. The normalized spacial score (nSPS) is 14.5. The van der Waals surface area contributed by atoms with Crippen LogP contribution in [0, 0.1) is 0 Å². The quantitative estimate of drug-likeness (QED) is 0.228. The number of ether oxygens (including phenoxy) is 2. The average molecular weight is 489 g/mol. The second kappa shape index (κ2) is 6.85. The number of hydrogen-bond acceptors (Lipinski definition) is 4. The summed E-state index contributed by atoms with van der Waals surface area (Å²) in [5.41, 5.74) is 3.70. The minimum atomic E-state index is -2.34. The molecule has 0 bridgehead atoms. The molecule has 166 valence electrons. The molecule has 8 rings (SSSR count). The molecule has 1 aromatic heterocycles. The lowest BCUT2D eigenvalue weighted by Crippen LogP contribution is -2.34. The topological polar surface area (TPSA) is 31.6 Å². The third-order valence-electron chi connectivity index (χ3n) is 6.92. The Morgan fingerprint density at radius 1 is 0.571 bits per heavy atom. The molecule has 0 amide bonds. The minimum absolute atomic E-state index is 0.766. The van der Waals surface area contributed by atoms with Crippen LogP contribution in [0.25, 0.3) is 33.1 Å². The highest BCUT2D eigenvalue weighted by Crippen LogP contribution is 2.59. The molecule has 0 atom stereocenters. The molecule has 0 N–H and O–H groups in total. The molecule has 6 aromatic rings. The van der Waals surface area contributed by atoms with E-state index in [4.69, 9.17) is 25.7 Å². The van der Waals surface area contributed by atoms with Crippen LogP contribution in [0.3, 0.4) is 0 Å². The van der Waals surface area contributed by atoms with Gasteiger partial charge in [0.25, 0.3) is 0 Å². The molecule has 35 heavy (non-hydrogen) atoms. The predicted molar refractivity (Wildman–Crippen MR) is 145 cm³/mol. The van der Waals surface area contributed by atoms with E-state index in [2.05, 4.69) is 48.5 Å². The van der Waals surface area contributed by atoms with E-state index in [0.29, 0.717) is 0 Å². The summed E-state index contributed by atoms with van der Waals surface area (Å²) in [7, 11) is 0. The maximum absolute atomic E-state index is 6.57. The van der Waals surface area contributed by atoms with Crippen molar-refractivity contribution in [3.63, 3.8) is 0 Å². The van der Waals surface area contributed by atoms with Gasteiger partial charge in [-0.2, -0.15) is 0 Å². The van der Waals surface area contributed by atoms with Gasteiger partial charge >= 0.3 is 0 Å². The van der Waals surface area contributed by atoms with Gasteiger partial charge in [0.2, 0.25) is 0 Å². The number of benzene rings is 5. The number of para-hydroxylation sites is 4. The van der Waals surface area contributed by atoms with Gasteiger partial charge in [0.05, 0.1) is 11.3 Å². The summed E-state index contributed by atoms with van der Waals surface area (Å²) >= 11 is 6.57. The second-order valence-corrected chi connectivity index (χ2v) is 13.1. The lowest BCUT2D eigenvalue weighted by atomic mass is 10.0. The van der Waals surface area contributed by atoms with Crippen LogP contribution in [0.15, 0.2) is 108 Å². The Kier molecular flexibility index (Phi) is 3.81. The Hall–Kier alpha value is -3.85. The van der Waals surface area contributed by atoms with Crippen LogP contribution in [-0.2, 0) is 11.8 Å². The highest BCUT2D eigenvalue weighted by molar-refractivity contribution is 8.26. The zero-order valence-corrected chi connectivity index (χ0v) is 20.1. The minimum Gasteiger partial charge on any atom is -0.456 e. The van der Waals surface area contributed by atoms with E-state index >= 15 is 0 Å². The first-order valence-corrected chi connectivity index (χ1v) is 14.3. The summed E-state index contributed by atoms with van der Waals surface area (Å²) in [6, 6.07) is 32.5. The Morgan fingerprint density at radius 3 is 1.89 bits per heavy atom. The van der Waals surface area contributed by atoms with Crippen molar-refractivity contribution in [2.75, 3.05) is 0 Å². The van der Waals surface area contributed by atoms with Gasteiger partial charge in [-0.3, -0.25) is 0 Å². The Bertz CT molecular complexity index is 1830. The van der Waals surface area contributed by atoms with Gasteiger partial charge in [-0.15, -0.1) is 0 Å². The molecule has 0 spiro atoms. The first kappa shape index (κ1) is 19.5. The molecule has 2 aliphatic heterocycles. The summed E-state index contributed by atoms with van der Waals surface area (Å²) in [4.78, 5) is 0. The van der Waals surface area contributed by atoms with Crippen molar-refractivity contribution in [1.29, 1.82) is 0 Å². The first-order chi connectivity index (χ1) is 17.2. The molecule has 0 saturated heterocycles. The van der Waals surface area contributed by atoms with Crippen molar-refractivity contribution >= 4 is 55.7 Å². The van der Waals surface area contributed by atoms with Crippen molar-refractivity contribution < 1.29 is 13.9 Å². The number of hydrogen-bond donors (Lipinski definition) is 0. The molecule has 0 aliphatic carbocycles. The van der Waals surface area contributed by atoms with Crippen LogP contribution in [-0.4, -0.2) is 0 Å². The zero-order chi connectivity index (χ0) is 23.1. The molecule has 5 aromatic carbocycles. The summed E-state index contributed by atoms with van der Waals surface area (Å²) in [5, 5.41) is 5.34. The fourth-order valence-electron chi connectivity index (χ4n) is 5.39. The van der Waals surface area contributed by atoms with Crippen molar-refractivity contribution in [2.45, 2.75) is 0 Å². The van der Waals surface area contributed by atoms with Crippen LogP contribution >= 0.6 is 6.04 Å². The molecule has 0 unspecified atom stereocenters. The molecular formula is C30H17O3PS. The van der Waals surface area contributed by atoms with Gasteiger partial charge in [0, 0.05) is 26.9 Å². The molecule has 3 heterocycles. The monoisotopic (exact) mass is 488 g/mol. The standard InChI is InChI=1S/C30H17O3PS/c35-34-27-14-5-3-12-23(27)31-25-16-18(17-26(30(25)34)32-24-13-4-6-15-28(24)34)19-9-7-10-21-20-8-1-2-11-22(20)33-29(19)21/h1-17H. The largest absolute Gasteiger partial charge is 0.456 e. The SMILES string of the molecule is S=P12c3ccccc3Oc3cc(-c4cccc5c4oc4ccccc45)cc(c31)Oc1ccccc12. The van der Waals surface area contributed by atoms with Crippen molar-refractivity contribution in [3.05, 3.63) is 103 Å². The van der Waals surface area contributed by atoms with E-state index in [1.807, 2.05) is 54.6 Å². The fourth-order valence-corrected chi connectivity index (χ4v) is 9.87. The third kappa shape index (κ3) is 2.53. The number of fused-ring (bicyclic) bond motifs is 7. The summed E-state index contributed by atoms with van der Waals surface area (Å²) in [6.07, 6.45) is 0. The third-order valence-corrected chi connectivity index (χ3v) is 11.8. The zero-order valence-electron chi connectivity index (χ0n) is 18.4. The summed E-state index contributed by atoms with van der Waals surface area (Å²) < 4.78 is 19.3. The second-order valence-electron chi connectivity index (χ2n) is 8.85. The van der Waals surface area contributed by atoms with E-state index in [1.165, 1.54) is 0 Å². The van der Waals surface area contributed by atoms with E-state index in [0.717, 1.165) is 72.0 Å². The molecule has 0 saturated carbocycles. The van der Waals surface area contributed by atoms with Crippen LogP contribution < -0.4 is 25.4 Å². The van der Waals surface area contributed by atoms with E-state index in [-0.39, 0.29) is 0 Å². The molecule has 2 aliphatic rings. The molecule has 0 radical (unpaired) electrons.